The van der Waals surface area contributed by atoms with E-state index < -0.39 is 10.0 Å². The summed E-state index contributed by atoms with van der Waals surface area (Å²) in [6, 6.07) is 0. The van der Waals surface area contributed by atoms with Gasteiger partial charge in [0.2, 0.25) is 10.0 Å². The highest BCUT2D eigenvalue weighted by molar-refractivity contribution is 8.14. The van der Waals surface area contributed by atoms with Crippen molar-refractivity contribution >= 4 is 27.0 Å². The number of hydrogen-bond acceptors (Lipinski definition) is 5. The maximum Gasteiger partial charge on any atom is 0.208 e. The van der Waals surface area contributed by atoms with Gasteiger partial charge in [-0.25, -0.2) is 13.1 Å². The van der Waals surface area contributed by atoms with Gasteiger partial charge in [0.1, 0.15) is 0 Å². The van der Waals surface area contributed by atoms with Gasteiger partial charge >= 0.3 is 0 Å². The van der Waals surface area contributed by atoms with E-state index in [1.165, 1.54) is 0 Å². The highest BCUT2D eigenvalue weighted by Gasteiger charge is 2.13. The van der Waals surface area contributed by atoms with E-state index in [1.54, 1.807) is 11.8 Å². The van der Waals surface area contributed by atoms with Gasteiger partial charge < -0.3 is 5.32 Å². The highest BCUT2D eigenvalue weighted by atomic mass is 32.2. The number of thioether (sulfide) groups is 1. The van der Waals surface area contributed by atoms with Crippen molar-refractivity contribution in [1.82, 2.24) is 10.0 Å². The zero-order chi connectivity index (χ0) is 10.6. The van der Waals surface area contributed by atoms with Crippen LogP contribution < -0.4 is 10.0 Å². The van der Waals surface area contributed by atoms with Crippen LogP contribution in [0.25, 0.3) is 0 Å². The molecule has 0 amide bonds. The van der Waals surface area contributed by atoms with Crippen molar-refractivity contribution in [2.75, 3.05) is 25.9 Å². The van der Waals surface area contributed by atoms with E-state index >= 15 is 0 Å². The lowest BCUT2D eigenvalue weighted by Gasteiger charge is -2.05. The topological polar surface area (TPSA) is 70.6 Å². The van der Waals surface area contributed by atoms with Crippen LogP contribution in [0.1, 0.15) is 6.92 Å². The van der Waals surface area contributed by atoms with E-state index in [2.05, 4.69) is 22.0 Å². The molecule has 5 nitrogen and oxygen atoms in total. The van der Waals surface area contributed by atoms with Gasteiger partial charge in [-0.3, -0.25) is 4.99 Å². The second-order valence-corrected chi connectivity index (χ2v) is 6.43. The summed E-state index contributed by atoms with van der Waals surface area (Å²) in [6.45, 7) is 3.92. The van der Waals surface area contributed by atoms with E-state index in [-0.39, 0.29) is 0 Å². The summed E-state index contributed by atoms with van der Waals surface area (Å²) in [7, 11) is -3.07. The predicted octanol–water partition coefficient (Wildman–Crippen LogP) is -0.383. The molecule has 0 aromatic rings. The lowest BCUT2D eigenvalue weighted by atomic mass is 10.5. The van der Waals surface area contributed by atoms with Crippen LogP contribution in [-0.2, 0) is 10.0 Å². The number of sulfonamides is 1. The maximum atomic E-state index is 10.7. The normalized spacial score (nSPS) is 22.1. The molecule has 0 bridgehead atoms. The minimum absolute atomic E-state index is 0.396. The molecule has 0 radical (unpaired) electrons. The standard InChI is InChI=1S/C7H15N3O2S2/c1-6-5-9-7(13-6)8-3-4-10-14(2,11)12/h6,10H,3-5H2,1-2H3,(H,8,9). The molecule has 1 heterocycles. The van der Waals surface area contributed by atoms with Crippen molar-refractivity contribution in [2.24, 2.45) is 4.99 Å². The molecule has 0 saturated heterocycles. The lowest BCUT2D eigenvalue weighted by Crippen LogP contribution is -2.32. The highest BCUT2D eigenvalue weighted by Crippen LogP contribution is 2.17. The molecule has 1 rings (SSSR count). The Balaban J connectivity index is 2.11. The quantitative estimate of drug-likeness (QED) is 0.654. The van der Waals surface area contributed by atoms with Crippen molar-refractivity contribution in [1.29, 1.82) is 0 Å². The van der Waals surface area contributed by atoms with E-state index in [1.807, 2.05) is 0 Å². The van der Waals surface area contributed by atoms with Gasteiger partial charge in [-0.1, -0.05) is 18.7 Å². The van der Waals surface area contributed by atoms with Gasteiger partial charge in [-0.05, 0) is 0 Å². The second kappa shape index (κ2) is 4.99. The maximum absolute atomic E-state index is 10.7. The van der Waals surface area contributed by atoms with Crippen molar-refractivity contribution in [2.45, 2.75) is 12.2 Å². The molecule has 0 aromatic heterocycles. The first-order valence-electron chi connectivity index (χ1n) is 4.37. The summed E-state index contributed by atoms with van der Waals surface area (Å²) < 4.78 is 23.8. The molecular weight excluding hydrogens is 222 g/mol. The number of hydrogen-bond donors (Lipinski definition) is 2. The van der Waals surface area contributed by atoms with Gasteiger partial charge in [0.25, 0.3) is 0 Å². The zero-order valence-corrected chi connectivity index (χ0v) is 9.91. The minimum Gasteiger partial charge on any atom is -0.364 e. The molecule has 0 spiro atoms. The Morgan fingerprint density at radius 3 is 2.79 bits per heavy atom. The van der Waals surface area contributed by atoms with E-state index in [9.17, 15) is 8.42 Å². The van der Waals surface area contributed by atoms with Crippen LogP contribution in [0.4, 0.5) is 0 Å². The van der Waals surface area contributed by atoms with Gasteiger partial charge in [0, 0.05) is 18.3 Å². The Kier molecular flexibility index (Phi) is 4.21. The molecule has 2 N–H and O–H groups in total. The first-order chi connectivity index (χ1) is 6.47. The van der Waals surface area contributed by atoms with E-state index in [0.717, 1.165) is 18.0 Å². The summed E-state index contributed by atoms with van der Waals surface area (Å²) in [5.74, 6) is 0. The van der Waals surface area contributed by atoms with Crippen LogP contribution in [0.3, 0.4) is 0 Å². The third-order valence-corrected chi connectivity index (χ3v) is 3.35. The molecule has 82 valence electrons. The molecule has 7 heteroatoms. The van der Waals surface area contributed by atoms with Gasteiger partial charge in [0.15, 0.2) is 5.17 Å². The number of amidine groups is 1. The monoisotopic (exact) mass is 237 g/mol. The van der Waals surface area contributed by atoms with Gasteiger partial charge in [-0.2, -0.15) is 0 Å². The smallest absolute Gasteiger partial charge is 0.208 e. The van der Waals surface area contributed by atoms with Crippen LogP contribution >= 0.6 is 11.8 Å². The van der Waals surface area contributed by atoms with Crippen LogP contribution in [0.15, 0.2) is 4.99 Å². The number of aliphatic imine (C=N–C) groups is 1. The first-order valence-corrected chi connectivity index (χ1v) is 7.14. The largest absolute Gasteiger partial charge is 0.364 e. The molecule has 1 aliphatic rings. The van der Waals surface area contributed by atoms with Crippen LogP contribution in [0, 0.1) is 0 Å². The van der Waals surface area contributed by atoms with E-state index in [0.29, 0.717) is 18.3 Å². The fourth-order valence-electron chi connectivity index (χ4n) is 0.980. The molecule has 1 atom stereocenters. The molecule has 0 aromatic carbocycles. The molecular formula is C7H15N3O2S2. The van der Waals surface area contributed by atoms with Gasteiger partial charge in [0.05, 0.1) is 12.8 Å². The Labute approximate surface area is 88.8 Å². The molecule has 0 fully saturated rings. The molecule has 14 heavy (non-hydrogen) atoms. The molecule has 1 aliphatic heterocycles. The van der Waals surface area contributed by atoms with Gasteiger partial charge in [-0.15, -0.1) is 0 Å². The van der Waals surface area contributed by atoms with Crippen molar-refractivity contribution in [3.8, 4) is 0 Å². The zero-order valence-electron chi connectivity index (χ0n) is 8.28. The Hall–Kier alpha value is -0.270. The van der Waals surface area contributed by atoms with Crippen molar-refractivity contribution < 1.29 is 8.42 Å². The van der Waals surface area contributed by atoms with Crippen molar-refractivity contribution in [3.05, 3.63) is 0 Å². The average Bonchev–Trinajstić information content (AvgIpc) is 2.44. The predicted molar refractivity (Wildman–Crippen MR) is 60.2 cm³/mol. The summed E-state index contributed by atoms with van der Waals surface area (Å²) in [6.07, 6.45) is 1.15. The summed E-state index contributed by atoms with van der Waals surface area (Å²) in [5, 5.41) is 4.51. The van der Waals surface area contributed by atoms with Crippen LogP contribution in [0.2, 0.25) is 0 Å². The van der Waals surface area contributed by atoms with Crippen LogP contribution in [-0.4, -0.2) is 44.7 Å². The summed E-state index contributed by atoms with van der Waals surface area (Å²) >= 11 is 1.69. The fraction of sp³-hybridized carbons (Fsp3) is 0.857. The van der Waals surface area contributed by atoms with Crippen molar-refractivity contribution in [3.63, 3.8) is 0 Å². The molecule has 0 aliphatic carbocycles. The lowest BCUT2D eigenvalue weighted by molar-refractivity contribution is 0.587. The summed E-state index contributed by atoms with van der Waals surface area (Å²) in [4.78, 5) is 4.24. The molecule has 1 unspecified atom stereocenters. The molecule has 0 saturated carbocycles. The minimum atomic E-state index is -3.07. The number of rotatable bonds is 4. The third-order valence-electron chi connectivity index (χ3n) is 1.57. The second-order valence-electron chi connectivity index (χ2n) is 3.17. The average molecular weight is 237 g/mol. The summed E-state index contributed by atoms with van der Waals surface area (Å²) in [5.41, 5.74) is 0. The Bertz CT molecular complexity index is 313. The SMILES string of the molecule is CC1CN=C(NCCNS(C)(=O)=O)S1. The number of nitrogens with zero attached hydrogens (tertiary/aromatic N) is 1. The first kappa shape index (κ1) is 11.8. The Morgan fingerprint density at radius 1 is 1.57 bits per heavy atom. The number of nitrogens with one attached hydrogen (secondary N) is 2. The fourth-order valence-corrected chi connectivity index (χ4v) is 2.32. The Morgan fingerprint density at radius 2 is 2.29 bits per heavy atom. The van der Waals surface area contributed by atoms with E-state index in [4.69, 9.17) is 0 Å². The third kappa shape index (κ3) is 4.83. The van der Waals surface area contributed by atoms with Crippen LogP contribution in [0.5, 0.6) is 0 Å².